The first-order valence-electron chi connectivity index (χ1n) is 10.2. The number of aromatic nitrogens is 5. The molecule has 1 atom stereocenters. The molecule has 0 saturated heterocycles. The number of halogens is 2. The average Bonchev–Trinajstić information content (AvgIpc) is 3.19. The van der Waals surface area contributed by atoms with Gasteiger partial charge in [-0.05, 0) is 19.1 Å². The number of ether oxygens (including phenoxy) is 2. The molecule has 166 valence electrons. The Morgan fingerprint density at radius 3 is 2.91 bits per heavy atom. The van der Waals surface area contributed by atoms with Crippen molar-refractivity contribution in [3.63, 3.8) is 0 Å². The van der Waals surface area contributed by atoms with Crippen molar-refractivity contribution < 1.29 is 23.0 Å². The Kier molecular flexibility index (Phi) is 4.18. The van der Waals surface area contributed by atoms with Gasteiger partial charge in [0.05, 0.1) is 30.3 Å². The second-order valence-electron chi connectivity index (χ2n) is 7.88. The molecule has 2 aliphatic heterocycles. The zero-order chi connectivity index (χ0) is 22.7. The standard InChI is InChI=1S/C22H16F2N6O3/c1-22-15-17(28-21(22)31)26-18(27-20(15)32-6-7-33-22)16-13-8-12(23)9-25-19(13)30(29-16)10-11-4-2-3-5-14(11)24/h2-5,8-9H,6-7,10H2,1H3,(H,26,27,28,31)/t22-/m1/s1. The Balaban J connectivity index is 1.54. The normalized spacial score (nSPS) is 19.2. The van der Waals surface area contributed by atoms with E-state index < -0.39 is 17.2 Å². The van der Waals surface area contributed by atoms with E-state index in [0.717, 1.165) is 6.20 Å². The number of fused-ring (bicyclic) bond motifs is 1. The van der Waals surface area contributed by atoms with Gasteiger partial charge in [-0.3, -0.25) is 4.79 Å². The molecule has 0 spiro atoms. The summed E-state index contributed by atoms with van der Waals surface area (Å²) in [6, 6.07) is 7.57. The quantitative estimate of drug-likeness (QED) is 0.512. The number of hydrogen-bond acceptors (Lipinski definition) is 7. The zero-order valence-corrected chi connectivity index (χ0v) is 17.3. The topological polar surface area (TPSA) is 104 Å². The van der Waals surface area contributed by atoms with Crippen molar-refractivity contribution in [2.24, 2.45) is 0 Å². The third-order valence-corrected chi connectivity index (χ3v) is 5.77. The molecule has 9 nitrogen and oxygen atoms in total. The monoisotopic (exact) mass is 450 g/mol. The second-order valence-corrected chi connectivity index (χ2v) is 7.88. The lowest BCUT2D eigenvalue weighted by Gasteiger charge is -2.19. The molecule has 4 aromatic rings. The average molecular weight is 450 g/mol. The number of rotatable bonds is 3. The molecule has 3 aromatic heterocycles. The molecule has 0 unspecified atom stereocenters. The first-order chi connectivity index (χ1) is 15.9. The van der Waals surface area contributed by atoms with Crippen LogP contribution in [0.1, 0.15) is 18.1 Å². The van der Waals surface area contributed by atoms with Crippen LogP contribution in [0.15, 0.2) is 36.5 Å². The molecule has 1 aromatic carbocycles. The molecule has 6 rings (SSSR count). The third-order valence-electron chi connectivity index (χ3n) is 5.77. The highest BCUT2D eigenvalue weighted by atomic mass is 19.1. The smallest absolute Gasteiger partial charge is 0.262 e. The van der Waals surface area contributed by atoms with E-state index in [1.54, 1.807) is 25.1 Å². The van der Waals surface area contributed by atoms with Crippen LogP contribution in [0.5, 0.6) is 5.88 Å². The fourth-order valence-electron chi connectivity index (χ4n) is 4.13. The number of benzene rings is 1. The van der Waals surface area contributed by atoms with Crippen LogP contribution in [0, 0.1) is 11.6 Å². The van der Waals surface area contributed by atoms with Gasteiger partial charge in [0.2, 0.25) is 5.88 Å². The molecule has 33 heavy (non-hydrogen) atoms. The molecule has 0 fully saturated rings. The minimum atomic E-state index is -1.26. The number of hydrogen-bond donors (Lipinski definition) is 1. The highest BCUT2D eigenvalue weighted by molar-refractivity contribution is 6.05. The van der Waals surface area contributed by atoms with E-state index in [1.165, 1.54) is 16.8 Å². The Labute approximate surface area is 185 Å². The van der Waals surface area contributed by atoms with Crippen molar-refractivity contribution in [2.75, 3.05) is 18.5 Å². The highest BCUT2D eigenvalue weighted by Crippen LogP contribution is 2.45. The molecule has 11 heteroatoms. The summed E-state index contributed by atoms with van der Waals surface area (Å²) in [5, 5.41) is 7.58. The van der Waals surface area contributed by atoms with E-state index in [2.05, 4.69) is 25.4 Å². The van der Waals surface area contributed by atoms with Gasteiger partial charge >= 0.3 is 0 Å². The molecule has 2 aliphatic rings. The minimum absolute atomic E-state index is 0.0682. The summed E-state index contributed by atoms with van der Waals surface area (Å²) in [6.07, 6.45) is 1.06. The predicted molar refractivity (Wildman–Crippen MR) is 111 cm³/mol. The van der Waals surface area contributed by atoms with Gasteiger partial charge < -0.3 is 14.8 Å². The number of amides is 1. The van der Waals surface area contributed by atoms with Crippen molar-refractivity contribution in [3.8, 4) is 17.4 Å². The largest absolute Gasteiger partial charge is 0.475 e. The lowest BCUT2D eigenvalue weighted by Crippen LogP contribution is -2.34. The van der Waals surface area contributed by atoms with Gasteiger partial charge in [0, 0.05) is 5.56 Å². The molecule has 0 saturated carbocycles. The zero-order valence-electron chi connectivity index (χ0n) is 17.3. The van der Waals surface area contributed by atoms with Crippen LogP contribution in [0.2, 0.25) is 0 Å². The van der Waals surface area contributed by atoms with Crippen LogP contribution in [0.3, 0.4) is 0 Å². The first-order valence-corrected chi connectivity index (χ1v) is 10.2. The minimum Gasteiger partial charge on any atom is -0.475 e. The van der Waals surface area contributed by atoms with Crippen molar-refractivity contribution >= 4 is 22.8 Å². The van der Waals surface area contributed by atoms with E-state index >= 15 is 0 Å². The Bertz CT molecular complexity index is 1460. The van der Waals surface area contributed by atoms with E-state index in [4.69, 9.17) is 9.47 Å². The Morgan fingerprint density at radius 1 is 1.21 bits per heavy atom. The van der Waals surface area contributed by atoms with Crippen LogP contribution in [0.4, 0.5) is 14.6 Å². The summed E-state index contributed by atoms with van der Waals surface area (Å²) < 4.78 is 41.3. The highest BCUT2D eigenvalue weighted by Gasteiger charge is 2.49. The van der Waals surface area contributed by atoms with Crippen LogP contribution < -0.4 is 10.1 Å². The van der Waals surface area contributed by atoms with Gasteiger partial charge in [-0.2, -0.15) is 10.1 Å². The molecule has 1 N–H and O–H groups in total. The number of carbonyl (C=O) groups is 1. The Morgan fingerprint density at radius 2 is 2.06 bits per heavy atom. The number of nitrogens with zero attached hydrogens (tertiary/aromatic N) is 5. The van der Waals surface area contributed by atoms with Crippen LogP contribution in [0.25, 0.3) is 22.6 Å². The lowest BCUT2D eigenvalue weighted by atomic mass is 10.00. The van der Waals surface area contributed by atoms with Crippen molar-refractivity contribution in [1.29, 1.82) is 0 Å². The third kappa shape index (κ3) is 2.96. The predicted octanol–water partition coefficient (Wildman–Crippen LogP) is 2.79. The molecule has 0 radical (unpaired) electrons. The fraction of sp³-hybridized carbons (Fsp3) is 0.227. The summed E-state index contributed by atoms with van der Waals surface area (Å²) in [5.41, 5.74) is 0.101. The number of pyridine rings is 1. The lowest BCUT2D eigenvalue weighted by molar-refractivity contribution is -0.138. The van der Waals surface area contributed by atoms with Gasteiger partial charge in [-0.25, -0.2) is 23.4 Å². The Hall–Kier alpha value is -3.99. The summed E-state index contributed by atoms with van der Waals surface area (Å²) in [6.45, 7) is 2.10. The van der Waals surface area contributed by atoms with Gasteiger partial charge in [0.25, 0.3) is 5.91 Å². The fourth-order valence-corrected chi connectivity index (χ4v) is 4.13. The SMILES string of the molecule is C[C@@]12OCCOc3nc(-c4nn(Cc5ccccc5F)c5ncc(F)cc45)nc(c31)NC2=O. The second kappa shape index (κ2) is 7.01. The van der Waals surface area contributed by atoms with Gasteiger partial charge in [-0.15, -0.1) is 0 Å². The molecule has 0 aliphatic carbocycles. The van der Waals surface area contributed by atoms with E-state index in [0.29, 0.717) is 22.2 Å². The van der Waals surface area contributed by atoms with Crippen molar-refractivity contribution in [1.82, 2.24) is 24.7 Å². The maximum Gasteiger partial charge on any atom is 0.262 e. The summed E-state index contributed by atoms with van der Waals surface area (Å²) in [5.74, 6) is -0.799. The van der Waals surface area contributed by atoms with Crippen molar-refractivity contribution in [3.05, 3.63) is 59.3 Å². The van der Waals surface area contributed by atoms with Gasteiger partial charge in [0.15, 0.2) is 17.1 Å². The number of carbonyl (C=O) groups excluding carboxylic acids is 1. The van der Waals surface area contributed by atoms with Gasteiger partial charge in [-0.1, -0.05) is 18.2 Å². The maximum atomic E-state index is 14.3. The molecular formula is C22H16F2N6O3. The van der Waals surface area contributed by atoms with Crippen LogP contribution in [-0.4, -0.2) is 43.9 Å². The van der Waals surface area contributed by atoms with E-state index in [-0.39, 0.29) is 48.9 Å². The molecule has 0 bridgehead atoms. The molecule has 5 heterocycles. The first kappa shape index (κ1) is 19.7. The van der Waals surface area contributed by atoms with Gasteiger partial charge in [0.1, 0.15) is 29.8 Å². The van der Waals surface area contributed by atoms with E-state index in [9.17, 15) is 13.6 Å². The van der Waals surface area contributed by atoms with Crippen LogP contribution in [-0.2, 0) is 21.7 Å². The molecular weight excluding hydrogens is 434 g/mol. The maximum absolute atomic E-state index is 14.3. The van der Waals surface area contributed by atoms with Crippen LogP contribution >= 0.6 is 0 Å². The number of nitrogens with one attached hydrogen (secondary N) is 1. The summed E-state index contributed by atoms with van der Waals surface area (Å²) in [7, 11) is 0. The van der Waals surface area contributed by atoms with Crippen molar-refractivity contribution in [2.45, 2.75) is 19.1 Å². The summed E-state index contributed by atoms with van der Waals surface area (Å²) >= 11 is 0. The molecule has 1 amide bonds. The van der Waals surface area contributed by atoms with E-state index in [1.807, 2.05) is 0 Å². The summed E-state index contributed by atoms with van der Waals surface area (Å²) in [4.78, 5) is 25.7. The number of anilines is 1.